The van der Waals surface area contributed by atoms with Crippen molar-refractivity contribution in [3.05, 3.63) is 24.2 Å². The van der Waals surface area contributed by atoms with Crippen molar-refractivity contribution < 1.29 is 4.42 Å². The summed E-state index contributed by atoms with van der Waals surface area (Å²) in [5, 5.41) is 3.47. The van der Waals surface area contributed by atoms with E-state index in [0.717, 1.165) is 30.8 Å². The van der Waals surface area contributed by atoms with Gasteiger partial charge in [-0.3, -0.25) is 4.90 Å². The van der Waals surface area contributed by atoms with Crippen LogP contribution in [0.3, 0.4) is 0 Å². The first-order valence-corrected chi connectivity index (χ1v) is 8.62. The maximum absolute atomic E-state index is 5.59. The summed E-state index contributed by atoms with van der Waals surface area (Å²) < 4.78 is 5.59. The zero-order chi connectivity index (χ0) is 14.7. The smallest absolute Gasteiger partial charge is 0.117 e. The third-order valence-electron chi connectivity index (χ3n) is 5.28. The van der Waals surface area contributed by atoms with Crippen molar-refractivity contribution in [3.63, 3.8) is 0 Å². The number of nitrogens with one attached hydrogen (secondary N) is 1. The molecule has 2 fully saturated rings. The Balaban J connectivity index is 1.69. The van der Waals surface area contributed by atoms with Crippen molar-refractivity contribution in [2.24, 2.45) is 11.3 Å². The average molecular weight is 290 g/mol. The van der Waals surface area contributed by atoms with Crippen LogP contribution in [0.1, 0.15) is 51.2 Å². The highest BCUT2D eigenvalue weighted by Crippen LogP contribution is 2.42. The summed E-state index contributed by atoms with van der Waals surface area (Å²) in [4.78, 5) is 2.69. The first kappa shape index (κ1) is 15.1. The number of furan rings is 1. The zero-order valence-corrected chi connectivity index (χ0v) is 13.6. The summed E-state index contributed by atoms with van der Waals surface area (Å²) in [6.07, 6.45) is 10.1. The molecule has 2 aliphatic rings. The molecule has 1 heterocycles. The molecule has 0 aliphatic heterocycles. The van der Waals surface area contributed by atoms with Crippen molar-refractivity contribution >= 4 is 0 Å². The molecule has 3 rings (SSSR count). The molecular formula is C18H30N2O. The largest absolute Gasteiger partial charge is 0.468 e. The summed E-state index contributed by atoms with van der Waals surface area (Å²) >= 11 is 0. The maximum atomic E-state index is 5.59. The predicted molar refractivity (Wildman–Crippen MR) is 86.1 cm³/mol. The quantitative estimate of drug-likeness (QED) is 0.830. The SMILES string of the molecule is CNCC1(CN(Cc2ccco2)C2CC2)CCCC(C)C1. The molecule has 2 saturated carbocycles. The first-order valence-electron chi connectivity index (χ1n) is 8.62. The van der Waals surface area contributed by atoms with Crippen LogP contribution in [0.4, 0.5) is 0 Å². The van der Waals surface area contributed by atoms with E-state index in [2.05, 4.69) is 30.3 Å². The molecule has 118 valence electrons. The Kier molecular flexibility index (Phi) is 4.70. The highest BCUT2D eigenvalue weighted by atomic mass is 16.3. The summed E-state index contributed by atoms with van der Waals surface area (Å²) in [6, 6.07) is 4.91. The summed E-state index contributed by atoms with van der Waals surface area (Å²) in [5.74, 6) is 1.99. The molecule has 2 unspecified atom stereocenters. The van der Waals surface area contributed by atoms with Crippen molar-refractivity contribution in [1.82, 2.24) is 10.2 Å². The number of nitrogens with zero attached hydrogens (tertiary/aromatic N) is 1. The highest BCUT2D eigenvalue weighted by molar-refractivity contribution is 5.01. The fourth-order valence-electron chi connectivity index (χ4n) is 4.29. The molecule has 0 bridgehead atoms. The molecule has 2 atom stereocenters. The van der Waals surface area contributed by atoms with Crippen molar-refractivity contribution in [2.45, 2.75) is 58.0 Å². The van der Waals surface area contributed by atoms with Crippen LogP contribution in [0.25, 0.3) is 0 Å². The maximum Gasteiger partial charge on any atom is 0.117 e. The van der Waals surface area contributed by atoms with Crippen LogP contribution >= 0.6 is 0 Å². The Morgan fingerprint density at radius 3 is 2.86 bits per heavy atom. The van der Waals surface area contributed by atoms with Gasteiger partial charge in [0.05, 0.1) is 12.8 Å². The van der Waals surface area contributed by atoms with Gasteiger partial charge in [0, 0.05) is 19.1 Å². The Hall–Kier alpha value is -0.800. The molecule has 1 N–H and O–H groups in total. The van der Waals surface area contributed by atoms with Gasteiger partial charge in [-0.05, 0) is 56.2 Å². The van der Waals surface area contributed by atoms with E-state index < -0.39 is 0 Å². The molecule has 3 heteroatoms. The summed E-state index contributed by atoms with van der Waals surface area (Å²) in [5.41, 5.74) is 0.460. The molecule has 1 aromatic rings. The topological polar surface area (TPSA) is 28.4 Å². The van der Waals surface area contributed by atoms with Gasteiger partial charge in [0.1, 0.15) is 5.76 Å². The van der Waals surface area contributed by atoms with Crippen LogP contribution in [0.2, 0.25) is 0 Å². The van der Waals surface area contributed by atoms with Crippen LogP contribution in [-0.2, 0) is 6.54 Å². The predicted octanol–water partition coefficient (Wildman–Crippen LogP) is 3.66. The number of rotatable bonds is 7. The molecular weight excluding hydrogens is 260 g/mol. The lowest BCUT2D eigenvalue weighted by molar-refractivity contribution is 0.0702. The summed E-state index contributed by atoms with van der Waals surface area (Å²) in [6.45, 7) is 5.79. The van der Waals surface area contributed by atoms with Crippen LogP contribution in [0, 0.1) is 11.3 Å². The fraction of sp³-hybridized carbons (Fsp3) is 0.778. The van der Waals surface area contributed by atoms with E-state index in [1.807, 2.05) is 6.07 Å². The van der Waals surface area contributed by atoms with E-state index in [4.69, 9.17) is 4.42 Å². The monoisotopic (exact) mass is 290 g/mol. The second-order valence-corrected chi connectivity index (χ2v) is 7.45. The molecule has 2 aliphatic carbocycles. The molecule has 0 amide bonds. The Bertz CT molecular complexity index is 422. The lowest BCUT2D eigenvalue weighted by atomic mass is 9.69. The average Bonchev–Trinajstić information content (AvgIpc) is 3.17. The third kappa shape index (κ3) is 3.89. The van der Waals surface area contributed by atoms with E-state index in [-0.39, 0.29) is 0 Å². The van der Waals surface area contributed by atoms with Gasteiger partial charge in [0.15, 0.2) is 0 Å². The van der Waals surface area contributed by atoms with Crippen LogP contribution in [0.15, 0.2) is 22.8 Å². The van der Waals surface area contributed by atoms with E-state index in [1.54, 1.807) is 6.26 Å². The number of hydrogen-bond acceptors (Lipinski definition) is 3. The van der Waals surface area contributed by atoms with Crippen molar-refractivity contribution in [1.29, 1.82) is 0 Å². The molecule has 3 nitrogen and oxygen atoms in total. The lowest BCUT2D eigenvalue weighted by Crippen LogP contribution is -2.46. The van der Waals surface area contributed by atoms with Crippen molar-refractivity contribution in [3.8, 4) is 0 Å². The van der Waals surface area contributed by atoms with Crippen LogP contribution in [-0.4, -0.2) is 31.1 Å². The molecule has 0 aromatic carbocycles. The molecule has 21 heavy (non-hydrogen) atoms. The minimum Gasteiger partial charge on any atom is -0.468 e. The second kappa shape index (κ2) is 6.53. The minimum absolute atomic E-state index is 0.460. The van der Waals surface area contributed by atoms with Crippen LogP contribution in [0.5, 0.6) is 0 Å². The van der Waals surface area contributed by atoms with Gasteiger partial charge in [-0.1, -0.05) is 19.8 Å². The molecule has 1 aromatic heterocycles. The van der Waals surface area contributed by atoms with Crippen molar-refractivity contribution in [2.75, 3.05) is 20.1 Å². The second-order valence-electron chi connectivity index (χ2n) is 7.45. The minimum atomic E-state index is 0.460. The third-order valence-corrected chi connectivity index (χ3v) is 5.28. The first-order chi connectivity index (χ1) is 10.2. The Morgan fingerprint density at radius 1 is 1.38 bits per heavy atom. The van der Waals surface area contributed by atoms with E-state index in [1.165, 1.54) is 45.1 Å². The highest BCUT2D eigenvalue weighted by Gasteiger charge is 2.39. The van der Waals surface area contributed by atoms with Gasteiger partial charge in [0.2, 0.25) is 0 Å². The van der Waals surface area contributed by atoms with Gasteiger partial charge in [-0.2, -0.15) is 0 Å². The normalized spacial score (nSPS) is 30.0. The lowest BCUT2D eigenvalue weighted by Gasteiger charge is -2.43. The number of hydrogen-bond donors (Lipinski definition) is 1. The van der Waals surface area contributed by atoms with Gasteiger partial charge >= 0.3 is 0 Å². The summed E-state index contributed by atoms with van der Waals surface area (Å²) in [7, 11) is 2.11. The van der Waals surface area contributed by atoms with E-state index in [0.29, 0.717) is 5.41 Å². The van der Waals surface area contributed by atoms with Gasteiger partial charge in [0.25, 0.3) is 0 Å². The molecule has 0 spiro atoms. The van der Waals surface area contributed by atoms with E-state index in [9.17, 15) is 0 Å². The van der Waals surface area contributed by atoms with Crippen LogP contribution < -0.4 is 5.32 Å². The van der Waals surface area contributed by atoms with E-state index >= 15 is 0 Å². The fourth-order valence-corrected chi connectivity index (χ4v) is 4.29. The molecule has 0 saturated heterocycles. The Morgan fingerprint density at radius 2 is 2.24 bits per heavy atom. The van der Waals surface area contributed by atoms with Gasteiger partial charge < -0.3 is 9.73 Å². The van der Waals surface area contributed by atoms with Gasteiger partial charge in [-0.15, -0.1) is 0 Å². The molecule has 0 radical (unpaired) electrons. The van der Waals surface area contributed by atoms with Gasteiger partial charge in [-0.25, -0.2) is 0 Å². The zero-order valence-electron chi connectivity index (χ0n) is 13.6. The standard InChI is InChI=1S/C18H30N2O/c1-15-5-3-9-18(11-15,13-19-2)14-20(16-7-8-16)12-17-6-4-10-21-17/h4,6,10,15-16,19H,3,5,7-9,11-14H2,1-2H3. The Labute approximate surface area is 129 Å².